The summed E-state index contributed by atoms with van der Waals surface area (Å²) in [5, 5.41) is -0.180. The minimum atomic E-state index is -4.77. The Kier molecular flexibility index (Phi) is 4.18. The largest absolute Gasteiger partial charge is 0.461 e. The van der Waals surface area contributed by atoms with E-state index in [2.05, 4.69) is 9.47 Å². The van der Waals surface area contributed by atoms with Gasteiger partial charge in [-0.2, -0.15) is 13.2 Å². The monoisotopic (exact) mass is 282 g/mol. The Bertz CT molecular complexity index is 485. The maximum atomic E-state index is 12.6. The van der Waals surface area contributed by atoms with Gasteiger partial charge < -0.3 is 9.47 Å². The molecule has 0 bridgehead atoms. The first kappa shape index (κ1) is 14.3. The van der Waals surface area contributed by atoms with E-state index >= 15 is 0 Å². The summed E-state index contributed by atoms with van der Waals surface area (Å²) >= 11 is 5.42. The lowest BCUT2D eigenvalue weighted by atomic mass is 10.2. The fourth-order valence-corrected chi connectivity index (χ4v) is 1.21. The van der Waals surface area contributed by atoms with Crippen LogP contribution in [0.5, 0.6) is 5.75 Å². The average molecular weight is 283 g/mol. The van der Waals surface area contributed by atoms with Gasteiger partial charge >= 0.3 is 18.1 Å². The van der Waals surface area contributed by atoms with Crippen molar-refractivity contribution in [2.45, 2.75) is 6.18 Å². The van der Waals surface area contributed by atoms with Gasteiger partial charge in [0.05, 0.1) is 12.7 Å². The lowest BCUT2D eigenvalue weighted by Gasteiger charge is -2.12. The molecular formula is C10H6ClF3O4. The fraction of sp³-hybridized carbons (Fsp3) is 0.200. The van der Waals surface area contributed by atoms with Gasteiger partial charge in [0.2, 0.25) is 0 Å². The first-order chi connectivity index (χ1) is 8.25. The molecule has 1 rings (SSSR count). The van der Waals surface area contributed by atoms with Gasteiger partial charge in [-0.3, -0.25) is 0 Å². The molecular weight excluding hydrogens is 277 g/mol. The molecule has 98 valence electrons. The van der Waals surface area contributed by atoms with Crippen molar-refractivity contribution in [1.82, 2.24) is 0 Å². The molecule has 0 aromatic heterocycles. The molecule has 0 aliphatic carbocycles. The minimum absolute atomic E-state index is 0.180. The van der Waals surface area contributed by atoms with Crippen molar-refractivity contribution >= 4 is 23.5 Å². The normalized spacial score (nSPS) is 10.9. The van der Waals surface area contributed by atoms with Gasteiger partial charge in [-0.05, 0) is 18.2 Å². The Balaban J connectivity index is 3.10. The van der Waals surface area contributed by atoms with Crippen molar-refractivity contribution in [1.29, 1.82) is 0 Å². The highest BCUT2D eigenvalue weighted by Crippen LogP contribution is 2.37. The van der Waals surface area contributed by atoms with E-state index in [4.69, 9.17) is 11.6 Å². The molecule has 0 aliphatic rings. The van der Waals surface area contributed by atoms with Crippen molar-refractivity contribution < 1.29 is 32.2 Å². The van der Waals surface area contributed by atoms with Crippen LogP contribution in [0.2, 0.25) is 5.02 Å². The van der Waals surface area contributed by atoms with E-state index < -0.39 is 29.4 Å². The Morgan fingerprint density at radius 2 is 1.83 bits per heavy atom. The first-order valence-electron chi connectivity index (χ1n) is 4.42. The van der Waals surface area contributed by atoms with Crippen LogP contribution >= 0.6 is 11.6 Å². The summed E-state index contributed by atoms with van der Waals surface area (Å²) in [7, 11) is 0.899. The molecule has 0 unspecified atom stereocenters. The minimum Gasteiger partial charge on any atom is -0.461 e. The molecule has 0 aliphatic heterocycles. The zero-order valence-corrected chi connectivity index (χ0v) is 9.63. The van der Waals surface area contributed by atoms with Crippen LogP contribution in [0.25, 0.3) is 0 Å². The van der Waals surface area contributed by atoms with E-state index in [0.717, 1.165) is 19.2 Å². The van der Waals surface area contributed by atoms with Crippen LogP contribution in [0.15, 0.2) is 18.2 Å². The number of ether oxygens (including phenoxy) is 2. The second-order valence-electron chi connectivity index (χ2n) is 3.02. The third-order valence-electron chi connectivity index (χ3n) is 1.80. The van der Waals surface area contributed by atoms with E-state index in [1.165, 1.54) is 0 Å². The highest BCUT2D eigenvalue weighted by atomic mass is 35.5. The van der Waals surface area contributed by atoms with E-state index in [1.54, 1.807) is 0 Å². The third-order valence-corrected chi connectivity index (χ3v) is 2.04. The predicted octanol–water partition coefficient (Wildman–Crippen LogP) is 2.44. The van der Waals surface area contributed by atoms with E-state index in [1.807, 2.05) is 0 Å². The highest BCUT2D eigenvalue weighted by Gasteiger charge is 2.35. The molecule has 0 saturated carbocycles. The van der Waals surface area contributed by atoms with Gasteiger partial charge in [-0.1, -0.05) is 11.6 Å². The molecule has 0 heterocycles. The molecule has 1 aromatic carbocycles. The summed E-state index contributed by atoms with van der Waals surface area (Å²) in [4.78, 5) is 21.8. The van der Waals surface area contributed by atoms with Crippen molar-refractivity contribution in [2.24, 2.45) is 0 Å². The lowest BCUT2D eigenvalue weighted by Crippen LogP contribution is -2.23. The number of rotatable bonds is 1. The molecule has 0 radical (unpaired) electrons. The summed E-state index contributed by atoms with van der Waals surface area (Å²) < 4.78 is 46.1. The van der Waals surface area contributed by atoms with Crippen molar-refractivity contribution in [3.05, 3.63) is 28.8 Å². The summed E-state index contributed by atoms with van der Waals surface area (Å²) in [5.74, 6) is -3.77. The number of carbonyl (C=O) groups is 2. The van der Waals surface area contributed by atoms with Gasteiger partial charge in [0.1, 0.15) is 5.75 Å². The van der Waals surface area contributed by atoms with Crippen molar-refractivity contribution in [3.63, 3.8) is 0 Å². The SMILES string of the molecule is COC(=O)C(=O)Oc1ccc(Cl)cc1C(F)(F)F. The number of halogens is 4. The zero-order chi connectivity index (χ0) is 13.9. The smallest absolute Gasteiger partial charge is 0.422 e. The third kappa shape index (κ3) is 3.36. The van der Waals surface area contributed by atoms with Crippen LogP contribution in [0, 0.1) is 0 Å². The van der Waals surface area contributed by atoms with Crippen LogP contribution in [-0.2, 0) is 20.5 Å². The molecule has 4 nitrogen and oxygen atoms in total. The predicted molar refractivity (Wildman–Crippen MR) is 54.1 cm³/mol. The van der Waals surface area contributed by atoms with E-state index in [-0.39, 0.29) is 5.02 Å². The highest BCUT2D eigenvalue weighted by molar-refractivity contribution is 6.31. The Morgan fingerprint density at radius 3 is 2.33 bits per heavy atom. The molecule has 1 aromatic rings. The van der Waals surface area contributed by atoms with E-state index in [0.29, 0.717) is 6.07 Å². The maximum absolute atomic E-state index is 12.6. The lowest BCUT2D eigenvalue weighted by molar-refractivity contribution is -0.161. The van der Waals surface area contributed by atoms with E-state index in [9.17, 15) is 22.8 Å². The number of methoxy groups -OCH3 is 1. The molecule has 0 spiro atoms. The van der Waals surface area contributed by atoms with Gasteiger partial charge in [0, 0.05) is 5.02 Å². The second kappa shape index (κ2) is 5.26. The van der Waals surface area contributed by atoms with Crippen molar-refractivity contribution in [3.8, 4) is 5.75 Å². The van der Waals surface area contributed by atoms with Gasteiger partial charge in [0.15, 0.2) is 0 Å². The maximum Gasteiger partial charge on any atom is 0.422 e. The summed E-state index contributed by atoms with van der Waals surface area (Å²) in [6.45, 7) is 0. The molecule has 0 atom stereocenters. The molecule has 0 saturated heterocycles. The number of alkyl halides is 3. The second-order valence-corrected chi connectivity index (χ2v) is 3.46. The Morgan fingerprint density at radius 1 is 1.22 bits per heavy atom. The van der Waals surface area contributed by atoms with Crippen LogP contribution in [0.4, 0.5) is 13.2 Å². The summed E-state index contributed by atoms with van der Waals surface area (Å²) in [6.07, 6.45) is -4.77. The molecule has 18 heavy (non-hydrogen) atoms. The topological polar surface area (TPSA) is 52.6 Å². The van der Waals surface area contributed by atoms with Crippen LogP contribution in [0.3, 0.4) is 0 Å². The number of hydrogen-bond acceptors (Lipinski definition) is 4. The Hall–Kier alpha value is -1.76. The molecule has 0 amide bonds. The van der Waals surface area contributed by atoms with Gasteiger partial charge in [-0.15, -0.1) is 0 Å². The van der Waals surface area contributed by atoms with Crippen LogP contribution in [-0.4, -0.2) is 19.0 Å². The molecule has 8 heteroatoms. The number of hydrogen-bond donors (Lipinski definition) is 0. The van der Waals surface area contributed by atoms with Crippen LogP contribution in [0.1, 0.15) is 5.56 Å². The summed E-state index contributed by atoms with van der Waals surface area (Å²) in [5.41, 5.74) is -1.26. The number of benzene rings is 1. The zero-order valence-electron chi connectivity index (χ0n) is 8.88. The fourth-order valence-electron chi connectivity index (χ4n) is 1.04. The van der Waals surface area contributed by atoms with Crippen molar-refractivity contribution in [2.75, 3.05) is 7.11 Å². The van der Waals surface area contributed by atoms with Crippen LogP contribution < -0.4 is 4.74 Å². The van der Waals surface area contributed by atoms with Gasteiger partial charge in [-0.25, -0.2) is 9.59 Å². The number of esters is 2. The Labute approximate surface area is 104 Å². The molecule has 0 N–H and O–H groups in total. The first-order valence-corrected chi connectivity index (χ1v) is 4.80. The van der Waals surface area contributed by atoms with Gasteiger partial charge in [0.25, 0.3) is 0 Å². The standard InChI is InChI=1S/C10H6ClF3O4/c1-17-8(15)9(16)18-7-3-2-5(11)4-6(7)10(12,13)14/h2-4H,1H3. The summed E-state index contributed by atoms with van der Waals surface area (Å²) in [6, 6.07) is 2.52. The average Bonchev–Trinajstić information content (AvgIpc) is 2.28. The quantitative estimate of drug-likeness (QED) is 0.451. The molecule has 0 fully saturated rings. The number of carbonyl (C=O) groups excluding carboxylic acids is 2.